The second-order valence-corrected chi connectivity index (χ2v) is 26.4. The summed E-state index contributed by atoms with van der Waals surface area (Å²) < 4.78 is 0. The van der Waals surface area contributed by atoms with Gasteiger partial charge >= 0.3 is 0 Å². The summed E-state index contributed by atoms with van der Waals surface area (Å²) in [6.45, 7) is 33.9. The minimum Gasteiger partial charge on any atom is -0.0648 e. The lowest BCUT2D eigenvalue weighted by Crippen LogP contribution is -2.69. The first-order valence-electron chi connectivity index (χ1n) is 24.9. The third kappa shape index (κ3) is 4.06. The first-order chi connectivity index (χ1) is 24.9. The van der Waals surface area contributed by atoms with Gasteiger partial charge in [0.2, 0.25) is 0 Å². The number of fused-ring (bicyclic) bond motifs is 7. The Hall–Kier alpha value is 0. The molecule has 19 unspecified atom stereocenters. The van der Waals surface area contributed by atoms with Gasteiger partial charge in [-0.3, -0.25) is 0 Å². The summed E-state index contributed by atoms with van der Waals surface area (Å²) in [4.78, 5) is 0. The van der Waals surface area contributed by atoms with Crippen molar-refractivity contribution in [2.24, 2.45) is 120 Å². The van der Waals surface area contributed by atoms with Crippen LogP contribution in [-0.2, 0) is 0 Å². The zero-order valence-electron chi connectivity index (χ0n) is 37.6. The summed E-state index contributed by atoms with van der Waals surface area (Å²) in [7, 11) is 0. The minimum absolute atomic E-state index is 0.468. The highest BCUT2D eigenvalue weighted by atomic mass is 15.0. The molecule has 0 aliphatic heterocycles. The van der Waals surface area contributed by atoms with Gasteiger partial charge in [-0.15, -0.1) is 0 Å². The fourth-order valence-electron chi connectivity index (χ4n) is 22.8. The van der Waals surface area contributed by atoms with Gasteiger partial charge in [0.15, 0.2) is 0 Å². The molecule has 11 aliphatic rings. The van der Waals surface area contributed by atoms with Gasteiger partial charge in [0.25, 0.3) is 0 Å². The summed E-state index contributed by atoms with van der Waals surface area (Å²) in [6, 6.07) is 0. The van der Waals surface area contributed by atoms with E-state index in [0.29, 0.717) is 48.7 Å². The molecule has 11 rings (SSSR count). The van der Waals surface area contributed by atoms with Crippen molar-refractivity contribution in [2.45, 2.75) is 212 Å². The van der Waals surface area contributed by atoms with E-state index in [9.17, 15) is 0 Å². The van der Waals surface area contributed by atoms with E-state index in [4.69, 9.17) is 0 Å². The molecule has 0 amide bonds. The Kier molecular flexibility index (Phi) is 7.86. The van der Waals surface area contributed by atoms with Gasteiger partial charge in [-0.05, 0) is 222 Å². The standard InChI is InChI=1S/C53H88/c1-13-50(14-2)23-22-45(8)21-19-37-16-15-20-52-30-46(9)28-40(26-39(50)25-37)53-32-51(31-47(10,33(3)4)35(6)17-18-38(51)27-45)29-42(53)43-34(5)24-41(44(52)53)48(11,36(43)7)49(46,52)12/h33-44H,13-32H2,1-12H3. The quantitative estimate of drug-likeness (QED) is 0.272. The van der Waals surface area contributed by atoms with Crippen LogP contribution in [0.25, 0.3) is 0 Å². The SMILES string of the molecule is CCC1(CC)CCC2(C)CCC3CCCC45CC6(C)CC(CC1C3)C13CC7(CC1C1C(C)CC(C34)C(C)(C1C)C65C)CC(C)(C(C)C)C(C)CCC7C2. The van der Waals surface area contributed by atoms with Gasteiger partial charge in [-0.1, -0.05) is 109 Å². The maximum atomic E-state index is 3.03. The molecule has 0 saturated heterocycles. The van der Waals surface area contributed by atoms with E-state index in [1.807, 2.05) is 0 Å². The van der Waals surface area contributed by atoms with Crippen molar-refractivity contribution in [1.82, 2.24) is 0 Å². The van der Waals surface area contributed by atoms with E-state index in [1.54, 1.807) is 89.9 Å². The predicted molar refractivity (Wildman–Crippen MR) is 224 cm³/mol. The Morgan fingerprint density at radius 3 is 2.13 bits per heavy atom. The minimum atomic E-state index is 0.468. The van der Waals surface area contributed by atoms with Crippen LogP contribution < -0.4 is 0 Å². The molecule has 0 nitrogen and oxygen atoms in total. The second-order valence-electron chi connectivity index (χ2n) is 26.4. The average molecular weight is 725 g/mol. The van der Waals surface area contributed by atoms with Crippen molar-refractivity contribution in [3.8, 4) is 0 Å². The van der Waals surface area contributed by atoms with E-state index in [1.165, 1.54) is 38.5 Å². The van der Waals surface area contributed by atoms with E-state index in [0.717, 1.165) is 71.0 Å². The van der Waals surface area contributed by atoms with Crippen LogP contribution in [0.3, 0.4) is 0 Å². The van der Waals surface area contributed by atoms with Gasteiger partial charge < -0.3 is 0 Å². The third-order valence-corrected chi connectivity index (χ3v) is 25.8. The van der Waals surface area contributed by atoms with Crippen molar-refractivity contribution in [2.75, 3.05) is 0 Å². The lowest BCUT2D eigenvalue weighted by atomic mass is 9.29. The average Bonchev–Trinajstić information content (AvgIpc) is 3.33. The Bertz CT molecular complexity index is 1480. The zero-order chi connectivity index (χ0) is 37.6. The van der Waals surface area contributed by atoms with Gasteiger partial charge in [0, 0.05) is 0 Å². The molecule has 0 radical (unpaired) electrons. The van der Waals surface area contributed by atoms with Crippen molar-refractivity contribution in [1.29, 1.82) is 0 Å². The summed E-state index contributed by atoms with van der Waals surface area (Å²) in [5.41, 5.74) is 4.86. The summed E-state index contributed by atoms with van der Waals surface area (Å²) in [5.74, 6) is 11.2. The number of hydrogen-bond donors (Lipinski definition) is 0. The van der Waals surface area contributed by atoms with E-state index < -0.39 is 0 Å². The molecule has 11 saturated carbocycles. The lowest BCUT2D eigenvalue weighted by molar-refractivity contribution is -0.269. The predicted octanol–water partition coefficient (Wildman–Crippen LogP) is 15.4. The third-order valence-electron chi connectivity index (χ3n) is 25.8. The first kappa shape index (κ1) is 37.3. The lowest BCUT2D eigenvalue weighted by Gasteiger charge is -2.75. The molecule has 0 aromatic heterocycles. The first-order valence-corrected chi connectivity index (χ1v) is 24.9. The molecule has 12 bridgehead atoms. The zero-order valence-corrected chi connectivity index (χ0v) is 37.6. The molecule has 0 aromatic rings. The molecule has 11 fully saturated rings. The Morgan fingerprint density at radius 2 is 1.42 bits per heavy atom. The van der Waals surface area contributed by atoms with Crippen LogP contribution >= 0.6 is 0 Å². The number of rotatable bonds is 3. The summed E-state index contributed by atoms with van der Waals surface area (Å²) >= 11 is 0. The van der Waals surface area contributed by atoms with Crippen LogP contribution in [0.1, 0.15) is 212 Å². The van der Waals surface area contributed by atoms with Crippen molar-refractivity contribution in [3.63, 3.8) is 0 Å². The molecular formula is C53H88. The Balaban J connectivity index is 1.30. The molecular weight excluding hydrogens is 637 g/mol. The van der Waals surface area contributed by atoms with Gasteiger partial charge in [0.1, 0.15) is 0 Å². The maximum absolute atomic E-state index is 3.03. The van der Waals surface area contributed by atoms with Gasteiger partial charge in [-0.25, -0.2) is 0 Å². The topological polar surface area (TPSA) is 0 Å². The highest BCUT2D eigenvalue weighted by molar-refractivity contribution is 5.39. The fraction of sp³-hybridized carbons (Fsp3) is 1.00. The molecule has 19 atom stereocenters. The molecule has 11 aliphatic carbocycles. The summed E-state index contributed by atoms with van der Waals surface area (Å²) in [6.07, 6.45) is 31.3. The normalized spacial score (nSPS) is 63.0. The largest absolute Gasteiger partial charge is 0.0648 e. The molecule has 53 heavy (non-hydrogen) atoms. The highest BCUT2D eigenvalue weighted by Gasteiger charge is 2.92. The van der Waals surface area contributed by atoms with E-state index in [2.05, 4.69) is 83.1 Å². The Labute approximate surface area is 330 Å². The molecule has 300 valence electrons. The van der Waals surface area contributed by atoms with Crippen molar-refractivity contribution in [3.05, 3.63) is 0 Å². The fourth-order valence-corrected chi connectivity index (χ4v) is 22.8. The maximum Gasteiger partial charge on any atom is -0.0153 e. The molecule has 0 aromatic carbocycles. The van der Waals surface area contributed by atoms with Crippen LogP contribution in [0.2, 0.25) is 0 Å². The van der Waals surface area contributed by atoms with Crippen molar-refractivity contribution >= 4 is 0 Å². The molecule has 0 heterocycles. The van der Waals surface area contributed by atoms with E-state index in [-0.39, 0.29) is 0 Å². The van der Waals surface area contributed by atoms with E-state index >= 15 is 0 Å². The highest BCUT2D eigenvalue weighted by Crippen LogP contribution is 2.97. The Morgan fingerprint density at radius 1 is 0.660 bits per heavy atom. The molecule has 0 N–H and O–H groups in total. The van der Waals surface area contributed by atoms with Crippen LogP contribution in [0.15, 0.2) is 0 Å². The van der Waals surface area contributed by atoms with Crippen LogP contribution in [0.5, 0.6) is 0 Å². The second kappa shape index (κ2) is 11.2. The monoisotopic (exact) mass is 725 g/mol. The molecule has 3 spiro atoms. The smallest absolute Gasteiger partial charge is 0.0153 e. The number of hydrogen-bond acceptors (Lipinski definition) is 0. The van der Waals surface area contributed by atoms with Crippen molar-refractivity contribution < 1.29 is 0 Å². The molecule has 0 heteroatoms. The van der Waals surface area contributed by atoms with Crippen LogP contribution in [0, 0.1) is 120 Å². The van der Waals surface area contributed by atoms with Crippen LogP contribution in [0.4, 0.5) is 0 Å². The van der Waals surface area contributed by atoms with Gasteiger partial charge in [0.05, 0.1) is 0 Å². The van der Waals surface area contributed by atoms with Crippen LogP contribution in [-0.4, -0.2) is 0 Å². The van der Waals surface area contributed by atoms with Gasteiger partial charge in [-0.2, -0.15) is 0 Å². The summed E-state index contributed by atoms with van der Waals surface area (Å²) in [5, 5.41) is 0.